The summed E-state index contributed by atoms with van der Waals surface area (Å²) >= 11 is 0. The molecule has 102 valence electrons. The van der Waals surface area contributed by atoms with E-state index in [0.717, 1.165) is 12.8 Å². The molecule has 2 atom stereocenters. The molecule has 1 saturated carbocycles. The molecule has 18 heavy (non-hydrogen) atoms. The Hall–Kier alpha value is -1.12. The smallest absolute Gasteiger partial charge is 0.246 e. The minimum atomic E-state index is -3.72. The van der Waals surface area contributed by atoms with Gasteiger partial charge in [0.05, 0.1) is 6.10 Å². The monoisotopic (exact) mass is 274 g/mol. The average Bonchev–Trinajstić information content (AvgIpc) is 2.62. The van der Waals surface area contributed by atoms with Gasteiger partial charge >= 0.3 is 0 Å². The number of nitrogens with zero attached hydrogens (tertiary/aromatic N) is 2. The number of aliphatic hydroxyl groups excluding tert-OH is 1. The number of aryl methyl sites for hydroxylation is 1. The van der Waals surface area contributed by atoms with Crippen LogP contribution in [0.5, 0.6) is 0 Å². The summed E-state index contributed by atoms with van der Waals surface area (Å²) < 4.78 is 28.1. The molecule has 8 heteroatoms. The Balaban J connectivity index is 2.19. The third kappa shape index (κ3) is 2.65. The first kappa shape index (κ1) is 13.3. The van der Waals surface area contributed by atoms with Crippen LogP contribution in [-0.4, -0.2) is 35.5 Å². The van der Waals surface area contributed by atoms with Crippen molar-refractivity contribution in [3.63, 3.8) is 0 Å². The van der Waals surface area contributed by atoms with Crippen LogP contribution in [0.25, 0.3) is 0 Å². The van der Waals surface area contributed by atoms with E-state index in [1.54, 1.807) is 7.05 Å². The van der Waals surface area contributed by atoms with Crippen LogP contribution in [0.3, 0.4) is 0 Å². The zero-order chi connectivity index (χ0) is 13.3. The first-order chi connectivity index (χ1) is 8.40. The molecule has 7 nitrogen and oxygen atoms in total. The molecule has 1 aliphatic carbocycles. The Morgan fingerprint density at radius 3 is 2.72 bits per heavy atom. The first-order valence-electron chi connectivity index (χ1n) is 5.89. The molecule has 0 saturated heterocycles. The maximum Gasteiger partial charge on any atom is 0.246 e. The third-order valence-corrected chi connectivity index (χ3v) is 4.65. The highest BCUT2D eigenvalue weighted by Gasteiger charge is 2.30. The lowest BCUT2D eigenvalue weighted by atomic mass is 9.93. The van der Waals surface area contributed by atoms with Crippen molar-refractivity contribution in [1.82, 2.24) is 14.5 Å². The number of hydrogen-bond acceptors (Lipinski definition) is 5. The topological polar surface area (TPSA) is 110 Å². The fourth-order valence-electron chi connectivity index (χ4n) is 2.20. The van der Waals surface area contributed by atoms with Gasteiger partial charge in [-0.05, 0) is 12.8 Å². The number of nitrogens with one attached hydrogen (secondary N) is 1. The SMILES string of the molecule is Cn1cc(S(=O)(=O)NC2CCCCC2O)c(N)n1. The van der Waals surface area contributed by atoms with Crippen LogP contribution in [0.4, 0.5) is 5.82 Å². The van der Waals surface area contributed by atoms with Crippen molar-refractivity contribution in [3.05, 3.63) is 6.20 Å². The van der Waals surface area contributed by atoms with E-state index < -0.39 is 22.2 Å². The number of hydrogen-bond donors (Lipinski definition) is 3. The van der Waals surface area contributed by atoms with Crippen molar-refractivity contribution < 1.29 is 13.5 Å². The standard InChI is InChI=1S/C10H18N4O3S/c1-14-6-9(10(11)12-14)18(16,17)13-7-4-2-3-5-8(7)15/h6-8,13,15H,2-5H2,1H3,(H2,11,12). The largest absolute Gasteiger partial charge is 0.391 e. The van der Waals surface area contributed by atoms with Crippen LogP contribution in [-0.2, 0) is 17.1 Å². The van der Waals surface area contributed by atoms with Crippen LogP contribution in [0.2, 0.25) is 0 Å². The Morgan fingerprint density at radius 2 is 2.17 bits per heavy atom. The first-order valence-corrected chi connectivity index (χ1v) is 7.38. The van der Waals surface area contributed by atoms with Crippen molar-refractivity contribution in [1.29, 1.82) is 0 Å². The van der Waals surface area contributed by atoms with Crippen LogP contribution in [0.1, 0.15) is 25.7 Å². The number of anilines is 1. The van der Waals surface area contributed by atoms with E-state index in [1.165, 1.54) is 10.9 Å². The number of nitrogens with two attached hydrogens (primary N) is 1. The molecule has 4 N–H and O–H groups in total. The molecule has 0 spiro atoms. The van der Waals surface area contributed by atoms with Crippen molar-refractivity contribution in [2.75, 3.05) is 5.73 Å². The number of rotatable bonds is 3. The molecule has 1 aromatic heterocycles. The Kier molecular flexibility index (Phi) is 3.60. The lowest BCUT2D eigenvalue weighted by Gasteiger charge is -2.27. The summed E-state index contributed by atoms with van der Waals surface area (Å²) in [5.41, 5.74) is 5.55. The lowest BCUT2D eigenvalue weighted by molar-refractivity contribution is 0.101. The highest BCUT2D eigenvalue weighted by molar-refractivity contribution is 7.89. The summed E-state index contributed by atoms with van der Waals surface area (Å²) in [6.45, 7) is 0. The van der Waals surface area contributed by atoms with Crippen LogP contribution in [0, 0.1) is 0 Å². The van der Waals surface area contributed by atoms with Gasteiger partial charge < -0.3 is 10.8 Å². The second-order valence-corrected chi connectivity index (χ2v) is 6.31. The quantitative estimate of drug-likeness (QED) is 0.693. The van der Waals surface area contributed by atoms with Gasteiger partial charge in [-0.25, -0.2) is 13.1 Å². The summed E-state index contributed by atoms with van der Waals surface area (Å²) in [7, 11) is -2.12. The summed E-state index contributed by atoms with van der Waals surface area (Å²) in [6, 6.07) is -0.441. The van der Waals surface area contributed by atoms with E-state index in [4.69, 9.17) is 5.73 Å². The molecule has 2 rings (SSSR count). The number of sulfonamides is 1. The molecular weight excluding hydrogens is 256 g/mol. The zero-order valence-electron chi connectivity index (χ0n) is 10.2. The number of aliphatic hydroxyl groups is 1. The van der Waals surface area contributed by atoms with E-state index in [2.05, 4.69) is 9.82 Å². The van der Waals surface area contributed by atoms with Gasteiger partial charge in [0.15, 0.2) is 5.82 Å². The van der Waals surface area contributed by atoms with Crippen molar-refractivity contribution in [2.24, 2.45) is 7.05 Å². The number of nitrogen functional groups attached to an aromatic ring is 1. The minimum Gasteiger partial charge on any atom is -0.391 e. The molecule has 0 bridgehead atoms. The fourth-order valence-corrected chi connectivity index (χ4v) is 3.61. The minimum absolute atomic E-state index is 0.0321. The maximum atomic E-state index is 12.1. The number of aromatic nitrogens is 2. The third-order valence-electron chi connectivity index (χ3n) is 3.15. The fraction of sp³-hybridized carbons (Fsp3) is 0.700. The molecular formula is C10H18N4O3S. The van der Waals surface area contributed by atoms with Crippen LogP contribution >= 0.6 is 0 Å². The predicted octanol–water partition coefficient (Wildman–Crippen LogP) is -0.416. The molecule has 1 aliphatic rings. The van der Waals surface area contributed by atoms with Gasteiger partial charge in [0.2, 0.25) is 10.0 Å². The van der Waals surface area contributed by atoms with Gasteiger partial charge in [-0.2, -0.15) is 5.10 Å². The van der Waals surface area contributed by atoms with Gasteiger partial charge in [-0.15, -0.1) is 0 Å². The Morgan fingerprint density at radius 1 is 1.50 bits per heavy atom. The second kappa shape index (κ2) is 4.87. The molecule has 0 aromatic carbocycles. The second-order valence-electron chi connectivity index (χ2n) is 4.63. The van der Waals surface area contributed by atoms with Crippen LogP contribution in [0.15, 0.2) is 11.1 Å². The molecule has 1 heterocycles. The highest BCUT2D eigenvalue weighted by Crippen LogP contribution is 2.22. The molecule has 1 aromatic rings. The van der Waals surface area contributed by atoms with Gasteiger partial charge in [0, 0.05) is 19.3 Å². The summed E-state index contributed by atoms with van der Waals surface area (Å²) in [4.78, 5) is -0.0391. The molecule has 0 amide bonds. The van der Waals surface area contributed by atoms with E-state index in [1.807, 2.05) is 0 Å². The van der Waals surface area contributed by atoms with Gasteiger partial charge in [0.25, 0.3) is 0 Å². The Labute approximate surface area is 106 Å². The van der Waals surface area contributed by atoms with Gasteiger partial charge in [-0.3, -0.25) is 4.68 Å². The summed E-state index contributed by atoms with van der Waals surface area (Å²) in [6.07, 6.45) is 3.82. The predicted molar refractivity (Wildman–Crippen MR) is 66.2 cm³/mol. The van der Waals surface area contributed by atoms with Crippen molar-refractivity contribution >= 4 is 15.8 Å². The molecule has 2 unspecified atom stereocenters. The highest BCUT2D eigenvalue weighted by atomic mass is 32.2. The average molecular weight is 274 g/mol. The van der Waals surface area contributed by atoms with E-state index in [9.17, 15) is 13.5 Å². The van der Waals surface area contributed by atoms with E-state index in [-0.39, 0.29) is 10.7 Å². The summed E-state index contributed by atoms with van der Waals surface area (Å²) in [5, 5.41) is 13.6. The molecule has 0 radical (unpaired) electrons. The normalized spacial score (nSPS) is 25.2. The lowest BCUT2D eigenvalue weighted by Crippen LogP contribution is -2.45. The van der Waals surface area contributed by atoms with E-state index in [0.29, 0.717) is 12.8 Å². The Bertz CT molecular complexity index is 525. The molecule has 0 aliphatic heterocycles. The van der Waals surface area contributed by atoms with E-state index >= 15 is 0 Å². The van der Waals surface area contributed by atoms with Gasteiger partial charge in [-0.1, -0.05) is 12.8 Å². The van der Waals surface area contributed by atoms with Crippen LogP contribution < -0.4 is 10.5 Å². The maximum absolute atomic E-state index is 12.1. The van der Waals surface area contributed by atoms with Crippen molar-refractivity contribution in [3.8, 4) is 0 Å². The zero-order valence-corrected chi connectivity index (χ0v) is 11.0. The summed E-state index contributed by atoms with van der Waals surface area (Å²) in [5.74, 6) is -0.0321. The van der Waals surface area contributed by atoms with Gasteiger partial charge in [0.1, 0.15) is 4.90 Å². The van der Waals surface area contributed by atoms with Crippen molar-refractivity contribution in [2.45, 2.75) is 42.7 Å². The molecule has 1 fully saturated rings.